The van der Waals surface area contributed by atoms with Crippen molar-refractivity contribution in [3.63, 3.8) is 0 Å². The lowest BCUT2D eigenvalue weighted by atomic mass is 9.96. The Bertz CT molecular complexity index is 699. The van der Waals surface area contributed by atoms with E-state index in [0.717, 1.165) is 35.5 Å². The third-order valence-corrected chi connectivity index (χ3v) is 4.34. The van der Waals surface area contributed by atoms with Crippen LogP contribution in [0, 0.1) is 0 Å². The normalized spacial score (nSPS) is 14.6. The van der Waals surface area contributed by atoms with E-state index in [1.165, 1.54) is 29.4 Å². The van der Waals surface area contributed by atoms with Crippen molar-refractivity contribution in [3.8, 4) is 0 Å². The zero-order chi connectivity index (χ0) is 13.4. The molecule has 2 heterocycles. The highest BCUT2D eigenvalue weighted by Gasteiger charge is 2.20. The minimum Gasteiger partial charge on any atom is -0.343 e. The van der Waals surface area contributed by atoms with Crippen LogP contribution in [0.3, 0.4) is 0 Å². The van der Waals surface area contributed by atoms with Crippen molar-refractivity contribution in [1.29, 1.82) is 0 Å². The SMILES string of the molecule is C=CCn1c(SC)nc2[nH]c3c(c2c1=O)CCCC3. The summed E-state index contributed by atoms with van der Waals surface area (Å²) in [6, 6.07) is 0. The van der Waals surface area contributed by atoms with Crippen molar-refractivity contribution in [2.45, 2.75) is 37.4 Å². The first-order chi connectivity index (χ1) is 9.26. The monoisotopic (exact) mass is 275 g/mol. The van der Waals surface area contributed by atoms with Crippen LogP contribution in [0.2, 0.25) is 0 Å². The quantitative estimate of drug-likeness (QED) is 0.532. The second-order valence-electron chi connectivity index (χ2n) is 4.82. The summed E-state index contributed by atoms with van der Waals surface area (Å²) >= 11 is 1.49. The van der Waals surface area contributed by atoms with E-state index >= 15 is 0 Å². The summed E-state index contributed by atoms with van der Waals surface area (Å²) in [6.45, 7) is 4.23. The van der Waals surface area contributed by atoms with Crippen LogP contribution < -0.4 is 5.56 Å². The van der Waals surface area contributed by atoms with E-state index in [-0.39, 0.29) is 5.56 Å². The number of thioether (sulfide) groups is 1. The molecule has 1 N–H and O–H groups in total. The Balaban J connectivity index is 2.34. The van der Waals surface area contributed by atoms with Gasteiger partial charge >= 0.3 is 0 Å². The van der Waals surface area contributed by atoms with Crippen LogP contribution in [0.1, 0.15) is 24.1 Å². The molecule has 0 aliphatic heterocycles. The Kier molecular flexibility index (Phi) is 3.22. The highest BCUT2D eigenvalue weighted by molar-refractivity contribution is 7.98. The molecule has 0 radical (unpaired) electrons. The molecule has 4 nitrogen and oxygen atoms in total. The molecule has 0 atom stereocenters. The van der Waals surface area contributed by atoms with Gasteiger partial charge in [0.15, 0.2) is 5.16 Å². The van der Waals surface area contributed by atoms with Crippen LogP contribution in [0.4, 0.5) is 0 Å². The first-order valence-electron chi connectivity index (χ1n) is 6.55. The number of nitrogens with zero attached hydrogens (tertiary/aromatic N) is 2. The van der Waals surface area contributed by atoms with Gasteiger partial charge in [-0.15, -0.1) is 6.58 Å². The molecule has 0 spiro atoms. The van der Waals surface area contributed by atoms with Crippen LogP contribution in [0.15, 0.2) is 22.6 Å². The van der Waals surface area contributed by atoms with Crippen LogP contribution in [0.25, 0.3) is 11.0 Å². The van der Waals surface area contributed by atoms with Crippen molar-refractivity contribution in [2.24, 2.45) is 0 Å². The average Bonchev–Trinajstić information content (AvgIpc) is 2.80. The zero-order valence-electron chi connectivity index (χ0n) is 11.0. The number of aromatic amines is 1. The van der Waals surface area contributed by atoms with E-state index in [1.54, 1.807) is 10.6 Å². The molecular formula is C14H17N3OS. The number of hydrogen-bond acceptors (Lipinski definition) is 3. The highest BCUT2D eigenvalue weighted by atomic mass is 32.2. The third kappa shape index (κ3) is 1.92. The fourth-order valence-electron chi connectivity index (χ4n) is 2.81. The van der Waals surface area contributed by atoms with Crippen LogP contribution in [0.5, 0.6) is 0 Å². The predicted octanol–water partition coefficient (Wildman–Crippen LogP) is 2.51. The van der Waals surface area contributed by atoms with E-state index in [0.29, 0.717) is 6.54 Å². The molecule has 100 valence electrons. The van der Waals surface area contributed by atoms with Gasteiger partial charge < -0.3 is 4.98 Å². The number of hydrogen-bond donors (Lipinski definition) is 1. The van der Waals surface area contributed by atoms with Gasteiger partial charge in [-0.25, -0.2) is 4.98 Å². The number of aromatic nitrogens is 3. The van der Waals surface area contributed by atoms with E-state index in [2.05, 4.69) is 16.5 Å². The van der Waals surface area contributed by atoms with Crippen molar-refractivity contribution in [3.05, 3.63) is 34.3 Å². The van der Waals surface area contributed by atoms with Crippen molar-refractivity contribution in [2.75, 3.05) is 6.26 Å². The van der Waals surface area contributed by atoms with Gasteiger partial charge in [0.05, 0.1) is 5.39 Å². The van der Waals surface area contributed by atoms with Crippen molar-refractivity contribution in [1.82, 2.24) is 14.5 Å². The Morgan fingerprint density at radius 3 is 3.00 bits per heavy atom. The number of fused-ring (bicyclic) bond motifs is 3. The summed E-state index contributed by atoms with van der Waals surface area (Å²) in [7, 11) is 0. The Labute approximate surface area is 115 Å². The fourth-order valence-corrected chi connectivity index (χ4v) is 3.37. The Morgan fingerprint density at radius 1 is 1.47 bits per heavy atom. The van der Waals surface area contributed by atoms with Crippen molar-refractivity contribution >= 4 is 22.8 Å². The molecule has 0 bridgehead atoms. The molecule has 1 aliphatic carbocycles. The van der Waals surface area contributed by atoms with E-state index in [4.69, 9.17) is 0 Å². The lowest BCUT2D eigenvalue weighted by Gasteiger charge is -2.11. The van der Waals surface area contributed by atoms with Gasteiger partial charge in [-0.2, -0.15) is 0 Å². The molecular weight excluding hydrogens is 258 g/mol. The zero-order valence-corrected chi connectivity index (χ0v) is 11.8. The second-order valence-corrected chi connectivity index (χ2v) is 5.59. The highest BCUT2D eigenvalue weighted by Crippen LogP contribution is 2.27. The number of H-pyrrole nitrogens is 1. The van der Waals surface area contributed by atoms with E-state index < -0.39 is 0 Å². The van der Waals surface area contributed by atoms with Gasteiger partial charge in [0.2, 0.25) is 0 Å². The molecule has 0 fully saturated rings. The summed E-state index contributed by atoms with van der Waals surface area (Å²) in [5.41, 5.74) is 3.20. The Morgan fingerprint density at radius 2 is 2.26 bits per heavy atom. The van der Waals surface area contributed by atoms with Gasteiger partial charge in [0.1, 0.15) is 5.65 Å². The Hall–Kier alpha value is -1.49. The molecule has 0 amide bonds. The minimum absolute atomic E-state index is 0.0636. The number of aryl methyl sites for hydroxylation is 2. The van der Waals surface area contributed by atoms with E-state index in [9.17, 15) is 4.79 Å². The van der Waals surface area contributed by atoms with Crippen molar-refractivity contribution < 1.29 is 0 Å². The lowest BCUT2D eigenvalue weighted by Crippen LogP contribution is -2.23. The van der Waals surface area contributed by atoms with Gasteiger partial charge in [0.25, 0.3) is 5.56 Å². The molecule has 2 aromatic heterocycles. The number of allylic oxidation sites excluding steroid dienone is 1. The summed E-state index contributed by atoms with van der Waals surface area (Å²) in [4.78, 5) is 20.6. The minimum atomic E-state index is 0.0636. The standard InChI is InChI=1S/C14H17N3OS/c1-3-8-17-13(18)11-9-6-4-5-7-10(9)15-12(11)16-14(17)19-2/h3,15H,1,4-8H2,2H3. The molecule has 2 aromatic rings. The summed E-state index contributed by atoms with van der Waals surface area (Å²) in [5, 5.41) is 1.53. The maximum Gasteiger partial charge on any atom is 0.264 e. The van der Waals surface area contributed by atoms with Crippen LogP contribution in [-0.4, -0.2) is 20.8 Å². The molecule has 0 saturated carbocycles. The summed E-state index contributed by atoms with van der Waals surface area (Å²) in [6.07, 6.45) is 8.05. The third-order valence-electron chi connectivity index (χ3n) is 3.67. The first-order valence-corrected chi connectivity index (χ1v) is 7.78. The molecule has 19 heavy (non-hydrogen) atoms. The van der Waals surface area contributed by atoms with Gasteiger partial charge in [-0.3, -0.25) is 9.36 Å². The summed E-state index contributed by atoms with van der Waals surface area (Å²) in [5.74, 6) is 0. The van der Waals surface area contributed by atoms with E-state index in [1.807, 2.05) is 6.26 Å². The predicted molar refractivity (Wildman–Crippen MR) is 79.0 cm³/mol. The molecule has 5 heteroatoms. The molecule has 0 aromatic carbocycles. The summed E-state index contributed by atoms with van der Waals surface area (Å²) < 4.78 is 1.71. The molecule has 1 aliphatic rings. The van der Waals surface area contributed by atoms with Crippen LogP contribution >= 0.6 is 11.8 Å². The molecule has 3 rings (SSSR count). The van der Waals surface area contributed by atoms with Crippen LogP contribution in [-0.2, 0) is 19.4 Å². The van der Waals surface area contributed by atoms with Gasteiger partial charge in [-0.05, 0) is 37.5 Å². The average molecular weight is 275 g/mol. The lowest BCUT2D eigenvalue weighted by molar-refractivity contribution is 0.669. The van der Waals surface area contributed by atoms with Gasteiger partial charge in [-0.1, -0.05) is 17.8 Å². The van der Waals surface area contributed by atoms with Gasteiger partial charge in [0, 0.05) is 12.2 Å². The molecule has 0 unspecified atom stereocenters. The second kappa shape index (κ2) is 4.89. The maximum absolute atomic E-state index is 12.7. The largest absolute Gasteiger partial charge is 0.343 e. The maximum atomic E-state index is 12.7. The fraction of sp³-hybridized carbons (Fsp3) is 0.429. The molecule has 0 saturated heterocycles. The smallest absolute Gasteiger partial charge is 0.264 e. The number of rotatable bonds is 3. The topological polar surface area (TPSA) is 50.7 Å². The first kappa shape index (κ1) is 12.5. The number of nitrogens with one attached hydrogen (secondary N) is 1.